The number of halogens is 1. The maximum atomic E-state index is 6.14. The van der Waals surface area contributed by atoms with E-state index in [2.05, 4.69) is 46.8 Å². The summed E-state index contributed by atoms with van der Waals surface area (Å²) in [4.78, 5) is 0. The van der Waals surface area contributed by atoms with Gasteiger partial charge in [0, 0.05) is 5.02 Å². The molecule has 0 saturated carbocycles. The molecule has 0 spiro atoms. The van der Waals surface area contributed by atoms with Gasteiger partial charge in [-0.3, -0.25) is 0 Å². The molecule has 1 rings (SSSR count). The lowest BCUT2D eigenvalue weighted by Gasteiger charge is -2.21. The molecule has 0 aliphatic carbocycles. The second kappa shape index (κ2) is 3.94. The quantitative estimate of drug-likeness (QED) is 0.627. The number of rotatable bonds is 1. The summed E-state index contributed by atoms with van der Waals surface area (Å²) in [5.41, 5.74) is 2.80. The van der Waals surface area contributed by atoms with Crippen molar-refractivity contribution in [2.24, 2.45) is 0 Å². The Morgan fingerprint density at radius 1 is 1.14 bits per heavy atom. The van der Waals surface area contributed by atoms with Crippen molar-refractivity contribution in [1.29, 1.82) is 0 Å². The Morgan fingerprint density at radius 2 is 1.71 bits per heavy atom. The van der Waals surface area contributed by atoms with Crippen molar-refractivity contribution in [3.05, 3.63) is 34.3 Å². The fourth-order valence-corrected chi connectivity index (χ4v) is 1.79. The molecule has 1 aromatic rings. The molecule has 0 unspecified atom stereocenters. The molecule has 0 saturated heterocycles. The Morgan fingerprint density at radius 3 is 2.14 bits per heavy atom. The lowest BCUT2D eigenvalue weighted by atomic mass is 9.85. The molecule has 0 bridgehead atoms. The van der Waals surface area contributed by atoms with E-state index in [1.165, 1.54) is 11.1 Å². The van der Waals surface area contributed by atoms with E-state index in [1.54, 1.807) is 0 Å². The molecule has 0 heterocycles. The van der Waals surface area contributed by atoms with Gasteiger partial charge in [0.15, 0.2) is 0 Å². The summed E-state index contributed by atoms with van der Waals surface area (Å²) in [5.74, 6) is 0.491. The summed E-state index contributed by atoms with van der Waals surface area (Å²) in [5, 5.41) is 0.882. The molecule has 0 N–H and O–H groups in total. The number of hydrogen-bond donors (Lipinski definition) is 0. The Labute approximate surface area is 92.3 Å². The first-order chi connectivity index (χ1) is 6.32. The highest BCUT2D eigenvalue weighted by atomic mass is 35.5. The summed E-state index contributed by atoms with van der Waals surface area (Å²) in [7, 11) is 0. The maximum absolute atomic E-state index is 6.14. The van der Waals surface area contributed by atoms with Crippen LogP contribution >= 0.6 is 11.6 Å². The lowest BCUT2D eigenvalue weighted by molar-refractivity contribution is 0.588. The van der Waals surface area contributed by atoms with Gasteiger partial charge in [-0.25, -0.2) is 0 Å². The number of benzene rings is 1. The molecule has 14 heavy (non-hydrogen) atoms. The summed E-state index contributed by atoms with van der Waals surface area (Å²) < 4.78 is 0. The monoisotopic (exact) mass is 210 g/mol. The Kier molecular flexibility index (Phi) is 3.26. The van der Waals surface area contributed by atoms with Crippen molar-refractivity contribution in [2.45, 2.75) is 46.0 Å². The van der Waals surface area contributed by atoms with E-state index >= 15 is 0 Å². The fraction of sp³-hybridized carbons (Fsp3) is 0.538. The van der Waals surface area contributed by atoms with Crippen LogP contribution < -0.4 is 0 Å². The van der Waals surface area contributed by atoms with Gasteiger partial charge in [0.1, 0.15) is 0 Å². The Bertz CT molecular complexity index is 318. The molecule has 0 amide bonds. The van der Waals surface area contributed by atoms with Gasteiger partial charge in [0.2, 0.25) is 0 Å². The van der Waals surface area contributed by atoms with E-state index in [1.807, 2.05) is 6.07 Å². The largest absolute Gasteiger partial charge is 0.0840 e. The second-order valence-electron chi connectivity index (χ2n) is 5.14. The van der Waals surface area contributed by atoms with Crippen molar-refractivity contribution in [3.63, 3.8) is 0 Å². The van der Waals surface area contributed by atoms with Gasteiger partial charge in [-0.2, -0.15) is 0 Å². The van der Waals surface area contributed by atoms with Crippen molar-refractivity contribution < 1.29 is 0 Å². The Balaban J connectivity index is 3.20. The minimum atomic E-state index is 0.203. The van der Waals surface area contributed by atoms with Crippen LogP contribution in [-0.4, -0.2) is 0 Å². The van der Waals surface area contributed by atoms with Crippen LogP contribution in [0.4, 0.5) is 0 Å². The summed E-state index contributed by atoms with van der Waals surface area (Å²) in [6.45, 7) is 11.0. The van der Waals surface area contributed by atoms with Gasteiger partial charge < -0.3 is 0 Å². The normalized spacial score (nSPS) is 12.2. The van der Waals surface area contributed by atoms with Crippen LogP contribution in [0.3, 0.4) is 0 Å². The molecule has 0 aliphatic heterocycles. The van der Waals surface area contributed by atoms with Crippen molar-refractivity contribution in [1.82, 2.24) is 0 Å². The standard InChI is InChI=1S/C13H19Cl/c1-9(2)11-8-10(13(3,4)5)6-7-12(11)14/h6-9H,1-5H3. The zero-order valence-corrected chi connectivity index (χ0v) is 10.4. The minimum absolute atomic E-state index is 0.203. The van der Waals surface area contributed by atoms with Gasteiger partial charge in [0.05, 0.1) is 0 Å². The van der Waals surface area contributed by atoms with Gasteiger partial charge in [0.25, 0.3) is 0 Å². The molecule has 78 valence electrons. The van der Waals surface area contributed by atoms with Crippen LogP contribution in [0.1, 0.15) is 51.7 Å². The SMILES string of the molecule is CC(C)c1cc(C(C)(C)C)ccc1Cl. The maximum Gasteiger partial charge on any atom is 0.0440 e. The van der Waals surface area contributed by atoms with Crippen molar-refractivity contribution in [3.8, 4) is 0 Å². The molecule has 1 heteroatoms. The smallest absolute Gasteiger partial charge is 0.0440 e. The van der Waals surface area contributed by atoms with Crippen LogP contribution in [0.5, 0.6) is 0 Å². The van der Waals surface area contributed by atoms with Crippen LogP contribution in [0, 0.1) is 0 Å². The molecule has 0 nitrogen and oxygen atoms in total. The fourth-order valence-electron chi connectivity index (χ4n) is 1.45. The number of hydrogen-bond acceptors (Lipinski definition) is 0. The predicted octanol–water partition coefficient (Wildman–Crippen LogP) is 4.76. The van der Waals surface area contributed by atoms with E-state index in [4.69, 9.17) is 11.6 Å². The zero-order chi connectivity index (χ0) is 10.9. The predicted molar refractivity (Wildman–Crippen MR) is 64.2 cm³/mol. The molecular weight excluding hydrogens is 192 g/mol. The third-order valence-corrected chi connectivity index (χ3v) is 2.83. The highest BCUT2D eigenvalue weighted by Crippen LogP contribution is 2.30. The topological polar surface area (TPSA) is 0 Å². The zero-order valence-electron chi connectivity index (χ0n) is 9.69. The average Bonchev–Trinajstić information content (AvgIpc) is 2.02. The van der Waals surface area contributed by atoms with E-state index in [0.717, 1.165) is 5.02 Å². The van der Waals surface area contributed by atoms with Crippen LogP contribution in [0.25, 0.3) is 0 Å². The van der Waals surface area contributed by atoms with E-state index < -0.39 is 0 Å². The van der Waals surface area contributed by atoms with E-state index in [9.17, 15) is 0 Å². The summed E-state index contributed by atoms with van der Waals surface area (Å²) in [6.07, 6.45) is 0. The molecule has 0 aliphatic rings. The minimum Gasteiger partial charge on any atom is -0.0840 e. The first-order valence-electron chi connectivity index (χ1n) is 5.12. The van der Waals surface area contributed by atoms with Crippen molar-refractivity contribution in [2.75, 3.05) is 0 Å². The van der Waals surface area contributed by atoms with E-state index in [-0.39, 0.29) is 5.41 Å². The van der Waals surface area contributed by atoms with Crippen LogP contribution in [0.2, 0.25) is 5.02 Å². The Hall–Kier alpha value is -0.490. The first-order valence-corrected chi connectivity index (χ1v) is 5.50. The van der Waals surface area contributed by atoms with Crippen molar-refractivity contribution >= 4 is 11.6 Å². The molecule has 0 fully saturated rings. The average molecular weight is 211 g/mol. The highest BCUT2D eigenvalue weighted by Gasteiger charge is 2.15. The molecule has 1 aromatic carbocycles. The molecule has 0 radical (unpaired) electrons. The molecule has 0 atom stereocenters. The summed E-state index contributed by atoms with van der Waals surface area (Å²) in [6, 6.07) is 6.36. The molecular formula is C13H19Cl. The first kappa shape index (κ1) is 11.6. The van der Waals surface area contributed by atoms with Gasteiger partial charge in [-0.05, 0) is 28.5 Å². The van der Waals surface area contributed by atoms with Gasteiger partial charge in [-0.15, -0.1) is 0 Å². The highest BCUT2D eigenvalue weighted by molar-refractivity contribution is 6.31. The van der Waals surface area contributed by atoms with Crippen LogP contribution in [0.15, 0.2) is 18.2 Å². The second-order valence-corrected chi connectivity index (χ2v) is 5.55. The van der Waals surface area contributed by atoms with Gasteiger partial charge >= 0.3 is 0 Å². The third-order valence-electron chi connectivity index (χ3n) is 2.48. The molecule has 0 aromatic heterocycles. The lowest BCUT2D eigenvalue weighted by Crippen LogP contribution is -2.11. The third kappa shape index (κ3) is 2.51. The van der Waals surface area contributed by atoms with Crippen LogP contribution in [-0.2, 0) is 5.41 Å². The van der Waals surface area contributed by atoms with Gasteiger partial charge in [-0.1, -0.05) is 58.4 Å². The summed E-state index contributed by atoms with van der Waals surface area (Å²) >= 11 is 6.14. The van der Waals surface area contributed by atoms with E-state index in [0.29, 0.717) is 5.92 Å².